The average Bonchev–Trinajstić information content (AvgIpc) is 2.51. The first kappa shape index (κ1) is 16.7. The molecular formula is C18H22ClNO2. The van der Waals surface area contributed by atoms with E-state index in [9.17, 15) is 0 Å². The topological polar surface area (TPSA) is 30.5 Å². The van der Waals surface area contributed by atoms with Crippen LogP contribution in [-0.4, -0.2) is 20.3 Å². The Morgan fingerprint density at radius 1 is 0.909 bits per heavy atom. The highest BCUT2D eigenvalue weighted by molar-refractivity contribution is 6.32. The van der Waals surface area contributed by atoms with E-state index in [0.717, 1.165) is 34.2 Å². The number of nitrogens with one attached hydrogen (secondary N) is 1. The summed E-state index contributed by atoms with van der Waals surface area (Å²) >= 11 is 6.14. The van der Waals surface area contributed by atoms with Crippen molar-refractivity contribution < 1.29 is 9.47 Å². The third kappa shape index (κ3) is 4.65. The van der Waals surface area contributed by atoms with E-state index in [0.29, 0.717) is 13.2 Å². The Kier molecular flexibility index (Phi) is 6.10. The minimum atomic E-state index is 0.499. The summed E-state index contributed by atoms with van der Waals surface area (Å²) < 4.78 is 11.4. The van der Waals surface area contributed by atoms with Crippen molar-refractivity contribution in [1.82, 2.24) is 5.32 Å². The van der Waals surface area contributed by atoms with Gasteiger partial charge in [0.05, 0.1) is 0 Å². The second kappa shape index (κ2) is 8.06. The highest BCUT2D eigenvalue weighted by atomic mass is 35.5. The number of hydrogen-bond donors (Lipinski definition) is 1. The minimum absolute atomic E-state index is 0.499. The van der Waals surface area contributed by atoms with E-state index in [-0.39, 0.29) is 0 Å². The lowest BCUT2D eigenvalue weighted by molar-refractivity contribution is 0.217. The monoisotopic (exact) mass is 319 g/mol. The number of aryl methyl sites for hydroxylation is 2. The molecule has 0 unspecified atom stereocenters. The number of hydrogen-bond acceptors (Lipinski definition) is 3. The summed E-state index contributed by atoms with van der Waals surface area (Å²) in [5.74, 6) is 1.68. The SMILES string of the molecule is CNCc1ccc(OCCOc2cc(C)c(Cl)c(C)c2)cc1. The van der Waals surface area contributed by atoms with Crippen molar-refractivity contribution in [1.29, 1.82) is 0 Å². The molecule has 0 aliphatic carbocycles. The van der Waals surface area contributed by atoms with E-state index in [1.165, 1.54) is 5.56 Å². The van der Waals surface area contributed by atoms with Crippen LogP contribution in [0.1, 0.15) is 16.7 Å². The highest BCUT2D eigenvalue weighted by Crippen LogP contribution is 2.25. The van der Waals surface area contributed by atoms with Gasteiger partial charge >= 0.3 is 0 Å². The molecule has 0 aromatic heterocycles. The van der Waals surface area contributed by atoms with E-state index in [1.54, 1.807) is 0 Å². The smallest absolute Gasteiger partial charge is 0.122 e. The first-order valence-electron chi connectivity index (χ1n) is 7.36. The predicted molar refractivity (Wildman–Crippen MR) is 91.1 cm³/mol. The van der Waals surface area contributed by atoms with Crippen LogP contribution < -0.4 is 14.8 Å². The summed E-state index contributed by atoms with van der Waals surface area (Å²) in [7, 11) is 1.93. The predicted octanol–water partition coefficient (Wildman–Crippen LogP) is 4.13. The van der Waals surface area contributed by atoms with Crippen molar-refractivity contribution in [3.05, 3.63) is 58.1 Å². The van der Waals surface area contributed by atoms with Gasteiger partial charge in [0.2, 0.25) is 0 Å². The van der Waals surface area contributed by atoms with Gasteiger partial charge in [-0.3, -0.25) is 0 Å². The molecule has 0 amide bonds. The molecule has 0 radical (unpaired) electrons. The Morgan fingerprint density at radius 3 is 2.00 bits per heavy atom. The van der Waals surface area contributed by atoms with Gasteiger partial charge in [0.15, 0.2) is 0 Å². The molecule has 118 valence electrons. The van der Waals surface area contributed by atoms with Gasteiger partial charge < -0.3 is 14.8 Å². The van der Waals surface area contributed by atoms with Crippen LogP contribution >= 0.6 is 11.6 Å². The minimum Gasteiger partial charge on any atom is -0.490 e. The molecule has 1 N–H and O–H groups in total. The fraction of sp³-hybridized carbons (Fsp3) is 0.333. The summed E-state index contributed by atoms with van der Waals surface area (Å²) in [6, 6.07) is 12.0. The molecule has 0 saturated heterocycles. The van der Waals surface area contributed by atoms with Crippen molar-refractivity contribution in [2.24, 2.45) is 0 Å². The molecule has 2 rings (SSSR count). The van der Waals surface area contributed by atoms with Crippen LogP contribution in [0.4, 0.5) is 0 Å². The van der Waals surface area contributed by atoms with E-state index in [1.807, 2.05) is 45.2 Å². The molecule has 0 atom stereocenters. The van der Waals surface area contributed by atoms with Crippen LogP contribution in [-0.2, 0) is 6.54 Å². The Hall–Kier alpha value is -1.71. The van der Waals surface area contributed by atoms with Gasteiger partial charge in [-0.25, -0.2) is 0 Å². The Bertz CT molecular complexity index is 588. The maximum absolute atomic E-state index is 6.14. The zero-order chi connectivity index (χ0) is 15.9. The number of benzene rings is 2. The standard InChI is InChI=1S/C18H22ClNO2/c1-13-10-17(11-14(2)18(13)19)22-9-8-21-16-6-4-15(5-7-16)12-20-3/h4-7,10-11,20H,8-9,12H2,1-3H3. The summed E-state index contributed by atoms with van der Waals surface area (Å²) in [5, 5.41) is 3.91. The lowest BCUT2D eigenvalue weighted by Gasteiger charge is -2.11. The third-order valence-electron chi connectivity index (χ3n) is 3.34. The Morgan fingerprint density at radius 2 is 1.45 bits per heavy atom. The van der Waals surface area contributed by atoms with Crippen LogP contribution in [0.15, 0.2) is 36.4 Å². The number of halogens is 1. The summed E-state index contributed by atoms with van der Waals surface area (Å²) in [5.41, 5.74) is 3.29. The van der Waals surface area contributed by atoms with Gasteiger partial charge in [-0.15, -0.1) is 0 Å². The van der Waals surface area contributed by atoms with E-state index in [2.05, 4.69) is 17.4 Å². The lowest BCUT2D eigenvalue weighted by Crippen LogP contribution is -2.09. The molecule has 2 aromatic carbocycles. The van der Waals surface area contributed by atoms with Crippen molar-refractivity contribution in [3.63, 3.8) is 0 Å². The lowest BCUT2D eigenvalue weighted by atomic mass is 10.1. The number of rotatable bonds is 7. The fourth-order valence-electron chi connectivity index (χ4n) is 2.22. The summed E-state index contributed by atoms with van der Waals surface area (Å²) in [6.45, 7) is 5.82. The van der Waals surface area contributed by atoms with Gasteiger partial charge in [0, 0.05) is 11.6 Å². The third-order valence-corrected chi connectivity index (χ3v) is 3.93. The van der Waals surface area contributed by atoms with Crippen LogP contribution in [0, 0.1) is 13.8 Å². The van der Waals surface area contributed by atoms with E-state index < -0.39 is 0 Å². The number of ether oxygens (including phenoxy) is 2. The Balaban J connectivity index is 1.79. The van der Waals surface area contributed by atoms with E-state index in [4.69, 9.17) is 21.1 Å². The Labute approximate surface area is 137 Å². The molecule has 0 aliphatic heterocycles. The zero-order valence-electron chi connectivity index (χ0n) is 13.3. The molecule has 2 aromatic rings. The summed E-state index contributed by atoms with van der Waals surface area (Å²) in [4.78, 5) is 0. The summed E-state index contributed by atoms with van der Waals surface area (Å²) in [6.07, 6.45) is 0. The molecule has 0 spiro atoms. The van der Waals surface area contributed by atoms with Crippen LogP contribution in [0.5, 0.6) is 11.5 Å². The van der Waals surface area contributed by atoms with Crippen LogP contribution in [0.2, 0.25) is 5.02 Å². The maximum Gasteiger partial charge on any atom is 0.122 e. The molecule has 0 bridgehead atoms. The van der Waals surface area contributed by atoms with Crippen molar-refractivity contribution in [2.45, 2.75) is 20.4 Å². The van der Waals surface area contributed by atoms with Crippen LogP contribution in [0.3, 0.4) is 0 Å². The molecule has 4 heteroatoms. The van der Waals surface area contributed by atoms with Gasteiger partial charge in [-0.1, -0.05) is 23.7 Å². The van der Waals surface area contributed by atoms with Crippen molar-refractivity contribution in [3.8, 4) is 11.5 Å². The van der Waals surface area contributed by atoms with Gasteiger partial charge in [0.25, 0.3) is 0 Å². The second-order valence-corrected chi connectivity index (χ2v) is 5.62. The van der Waals surface area contributed by atoms with Crippen molar-refractivity contribution in [2.75, 3.05) is 20.3 Å². The van der Waals surface area contributed by atoms with Crippen molar-refractivity contribution >= 4 is 11.6 Å². The zero-order valence-corrected chi connectivity index (χ0v) is 14.0. The molecule has 3 nitrogen and oxygen atoms in total. The molecule has 0 fully saturated rings. The van der Waals surface area contributed by atoms with Crippen LogP contribution in [0.25, 0.3) is 0 Å². The first-order chi connectivity index (χ1) is 10.6. The average molecular weight is 320 g/mol. The normalized spacial score (nSPS) is 10.5. The quantitative estimate of drug-likeness (QED) is 0.778. The van der Waals surface area contributed by atoms with Gasteiger partial charge in [-0.05, 0) is 61.9 Å². The largest absolute Gasteiger partial charge is 0.490 e. The van der Waals surface area contributed by atoms with Gasteiger partial charge in [-0.2, -0.15) is 0 Å². The van der Waals surface area contributed by atoms with E-state index >= 15 is 0 Å². The van der Waals surface area contributed by atoms with Gasteiger partial charge in [0.1, 0.15) is 24.7 Å². The second-order valence-electron chi connectivity index (χ2n) is 5.24. The molecule has 22 heavy (non-hydrogen) atoms. The molecule has 0 aliphatic rings. The molecule has 0 heterocycles. The first-order valence-corrected chi connectivity index (χ1v) is 7.74. The maximum atomic E-state index is 6.14. The fourth-order valence-corrected chi connectivity index (χ4v) is 2.33. The molecular weight excluding hydrogens is 298 g/mol. The molecule has 0 saturated carbocycles. The highest BCUT2D eigenvalue weighted by Gasteiger charge is 2.03.